The molecule has 0 aromatic heterocycles. The molecule has 1 fully saturated rings. The molecule has 2 amide bonds. The molecule has 3 N–H and O–H groups in total. The molecule has 126 valence electrons. The number of likely N-dealkylation sites (tertiary alicyclic amines) is 1. The SMILES string of the molecule is CCNC(=O)[C@@H]1C[C@@H](N)CN1C(=O)COc1ccccc1OC. The monoisotopic (exact) mass is 321 g/mol. The maximum atomic E-state index is 12.4. The van der Waals surface area contributed by atoms with Gasteiger partial charge in [0.25, 0.3) is 5.91 Å². The normalized spacial score (nSPS) is 20.2. The Balaban J connectivity index is 2.00. The van der Waals surface area contributed by atoms with Crippen molar-refractivity contribution in [1.82, 2.24) is 10.2 Å². The molecule has 1 aromatic rings. The molecule has 1 aliphatic heterocycles. The molecule has 0 spiro atoms. The van der Waals surface area contributed by atoms with Crippen LogP contribution in [-0.2, 0) is 9.59 Å². The highest BCUT2D eigenvalue weighted by atomic mass is 16.5. The third-order valence-electron chi connectivity index (χ3n) is 3.73. The average molecular weight is 321 g/mol. The van der Waals surface area contributed by atoms with Crippen molar-refractivity contribution in [3.63, 3.8) is 0 Å². The average Bonchev–Trinajstić information content (AvgIpc) is 2.95. The van der Waals surface area contributed by atoms with Crippen LogP contribution in [0.1, 0.15) is 13.3 Å². The van der Waals surface area contributed by atoms with Crippen LogP contribution in [0, 0.1) is 0 Å². The summed E-state index contributed by atoms with van der Waals surface area (Å²) in [4.78, 5) is 26.0. The first-order valence-electron chi connectivity index (χ1n) is 7.65. The van der Waals surface area contributed by atoms with E-state index in [1.807, 2.05) is 13.0 Å². The molecular weight excluding hydrogens is 298 g/mol. The van der Waals surface area contributed by atoms with Gasteiger partial charge in [-0.15, -0.1) is 0 Å². The molecule has 1 aliphatic rings. The van der Waals surface area contributed by atoms with Gasteiger partial charge in [0.1, 0.15) is 6.04 Å². The van der Waals surface area contributed by atoms with Gasteiger partial charge in [0.05, 0.1) is 7.11 Å². The third-order valence-corrected chi connectivity index (χ3v) is 3.73. The quantitative estimate of drug-likeness (QED) is 0.777. The summed E-state index contributed by atoms with van der Waals surface area (Å²) in [5, 5.41) is 2.74. The number of nitrogens with zero attached hydrogens (tertiary/aromatic N) is 1. The van der Waals surface area contributed by atoms with Crippen LogP contribution in [0.3, 0.4) is 0 Å². The Hall–Kier alpha value is -2.28. The zero-order chi connectivity index (χ0) is 16.8. The van der Waals surface area contributed by atoms with E-state index < -0.39 is 6.04 Å². The number of carbonyl (C=O) groups excluding carboxylic acids is 2. The number of benzene rings is 1. The van der Waals surface area contributed by atoms with Crippen molar-refractivity contribution in [2.75, 3.05) is 26.8 Å². The first-order chi connectivity index (χ1) is 11.1. The molecule has 1 saturated heterocycles. The van der Waals surface area contributed by atoms with Gasteiger partial charge < -0.3 is 25.4 Å². The molecule has 2 rings (SSSR count). The summed E-state index contributed by atoms with van der Waals surface area (Å²) >= 11 is 0. The third kappa shape index (κ3) is 4.13. The van der Waals surface area contributed by atoms with Crippen molar-refractivity contribution < 1.29 is 19.1 Å². The molecule has 0 saturated carbocycles. The Labute approximate surface area is 135 Å². The van der Waals surface area contributed by atoms with Crippen LogP contribution in [0.4, 0.5) is 0 Å². The van der Waals surface area contributed by atoms with Crippen LogP contribution >= 0.6 is 0 Å². The number of hydrogen-bond acceptors (Lipinski definition) is 5. The summed E-state index contributed by atoms with van der Waals surface area (Å²) in [7, 11) is 1.54. The highest BCUT2D eigenvalue weighted by molar-refractivity contribution is 5.89. The van der Waals surface area contributed by atoms with Gasteiger partial charge in [-0.3, -0.25) is 9.59 Å². The first kappa shape index (κ1) is 17.1. The minimum absolute atomic E-state index is 0.164. The summed E-state index contributed by atoms with van der Waals surface area (Å²) in [6.07, 6.45) is 0.465. The van der Waals surface area contributed by atoms with Crippen LogP contribution in [0.15, 0.2) is 24.3 Å². The van der Waals surface area contributed by atoms with E-state index in [0.29, 0.717) is 31.0 Å². The molecule has 0 unspecified atom stereocenters. The number of nitrogens with two attached hydrogens (primary N) is 1. The number of likely N-dealkylation sites (N-methyl/N-ethyl adjacent to an activating group) is 1. The Morgan fingerprint density at radius 2 is 2.04 bits per heavy atom. The number of hydrogen-bond donors (Lipinski definition) is 2. The second-order valence-corrected chi connectivity index (χ2v) is 5.39. The molecule has 2 atom stereocenters. The molecule has 0 radical (unpaired) electrons. The highest BCUT2D eigenvalue weighted by Gasteiger charge is 2.37. The van der Waals surface area contributed by atoms with Crippen LogP contribution in [0.5, 0.6) is 11.5 Å². The fourth-order valence-electron chi connectivity index (χ4n) is 2.65. The summed E-state index contributed by atoms with van der Waals surface area (Å²) in [5.41, 5.74) is 5.91. The number of methoxy groups -OCH3 is 1. The second-order valence-electron chi connectivity index (χ2n) is 5.39. The standard InChI is InChI=1S/C16H23N3O4/c1-3-18-16(21)12-8-11(17)9-19(12)15(20)10-23-14-7-5-4-6-13(14)22-2/h4-7,11-12H,3,8-10,17H2,1-2H3,(H,18,21)/t11-,12+/m1/s1. The molecule has 7 heteroatoms. The number of carbonyl (C=O) groups is 2. The van der Waals surface area contributed by atoms with Gasteiger partial charge >= 0.3 is 0 Å². The summed E-state index contributed by atoms with van der Waals surface area (Å²) in [5.74, 6) is 0.603. The maximum absolute atomic E-state index is 12.4. The molecule has 7 nitrogen and oxygen atoms in total. The van der Waals surface area contributed by atoms with Crippen molar-refractivity contribution in [1.29, 1.82) is 0 Å². The lowest BCUT2D eigenvalue weighted by Gasteiger charge is -2.23. The fraction of sp³-hybridized carbons (Fsp3) is 0.500. The van der Waals surface area contributed by atoms with E-state index in [2.05, 4.69) is 5.32 Å². The molecule has 23 heavy (non-hydrogen) atoms. The maximum Gasteiger partial charge on any atom is 0.261 e. The van der Waals surface area contributed by atoms with Gasteiger partial charge in [0.2, 0.25) is 5.91 Å². The largest absolute Gasteiger partial charge is 0.493 e. The zero-order valence-electron chi connectivity index (χ0n) is 13.5. The minimum Gasteiger partial charge on any atom is -0.493 e. The molecule has 0 aliphatic carbocycles. The van der Waals surface area contributed by atoms with Crippen molar-refractivity contribution in [2.24, 2.45) is 5.73 Å². The number of ether oxygens (including phenoxy) is 2. The number of amides is 2. The van der Waals surface area contributed by atoms with Gasteiger partial charge in [-0.05, 0) is 25.5 Å². The minimum atomic E-state index is -0.529. The van der Waals surface area contributed by atoms with Crippen LogP contribution in [-0.4, -0.2) is 55.6 Å². The molecule has 1 aromatic carbocycles. The summed E-state index contributed by atoms with van der Waals surface area (Å²) in [6.45, 7) is 2.55. The van der Waals surface area contributed by atoms with Gasteiger partial charge in [0.15, 0.2) is 18.1 Å². The van der Waals surface area contributed by atoms with Crippen molar-refractivity contribution in [3.8, 4) is 11.5 Å². The Kier molecular flexibility index (Phi) is 5.81. The fourth-order valence-corrected chi connectivity index (χ4v) is 2.65. The number of nitrogens with one attached hydrogen (secondary N) is 1. The topological polar surface area (TPSA) is 93.9 Å². The first-order valence-corrected chi connectivity index (χ1v) is 7.65. The smallest absolute Gasteiger partial charge is 0.261 e. The second kappa shape index (κ2) is 7.82. The van der Waals surface area contributed by atoms with Gasteiger partial charge in [-0.25, -0.2) is 0 Å². The lowest BCUT2D eigenvalue weighted by Crippen LogP contribution is -2.47. The Bertz CT molecular complexity index is 564. The van der Waals surface area contributed by atoms with Crippen LogP contribution < -0.4 is 20.5 Å². The van der Waals surface area contributed by atoms with Crippen molar-refractivity contribution in [2.45, 2.75) is 25.4 Å². The van der Waals surface area contributed by atoms with Crippen molar-refractivity contribution in [3.05, 3.63) is 24.3 Å². The predicted octanol–water partition coefficient (Wildman–Crippen LogP) is 0.138. The molecule has 0 bridgehead atoms. The summed E-state index contributed by atoms with van der Waals surface area (Å²) in [6, 6.07) is 6.37. The van der Waals surface area contributed by atoms with Crippen LogP contribution in [0.2, 0.25) is 0 Å². The number of rotatable bonds is 6. The van der Waals surface area contributed by atoms with Crippen LogP contribution in [0.25, 0.3) is 0 Å². The van der Waals surface area contributed by atoms with E-state index in [9.17, 15) is 9.59 Å². The zero-order valence-corrected chi connectivity index (χ0v) is 13.5. The Morgan fingerprint density at radius 1 is 1.35 bits per heavy atom. The lowest BCUT2D eigenvalue weighted by molar-refractivity contribution is -0.139. The molecular formula is C16H23N3O4. The predicted molar refractivity (Wildman–Crippen MR) is 85.3 cm³/mol. The molecule has 1 heterocycles. The highest BCUT2D eigenvalue weighted by Crippen LogP contribution is 2.26. The van der Waals surface area contributed by atoms with Gasteiger partial charge in [-0.2, -0.15) is 0 Å². The van der Waals surface area contributed by atoms with Gasteiger partial charge in [0, 0.05) is 19.1 Å². The van der Waals surface area contributed by atoms with E-state index in [0.717, 1.165) is 0 Å². The van der Waals surface area contributed by atoms with E-state index in [-0.39, 0.29) is 24.5 Å². The van der Waals surface area contributed by atoms with E-state index in [1.165, 1.54) is 12.0 Å². The number of para-hydroxylation sites is 2. The van der Waals surface area contributed by atoms with E-state index in [1.54, 1.807) is 18.2 Å². The van der Waals surface area contributed by atoms with E-state index >= 15 is 0 Å². The van der Waals surface area contributed by atoms with Crippen molar-refractivity contribution >= 4 is 11.8 Å². The lowest BCUT2D eigenvalue weighted by atomic mass is 10.1. The van der Waals surface area contributed by atoms with Gasteiger partial charge in [-0.1, -0.05) is 12.1 Å². The Morgan fingerprint density at radius 3 is 2.70 bits per heavy atom. The van der Waals surface area contributed by atoms with E-state index in [4.69, 9.17) is 15.2 Å². The summed E-state index contributed by atoms with van der Waals surface area (Å²) < 4.78 is 10.7.